The van der Waals surface area contributed by atoms with E-state index in [2.05, 4.69) is 41.2 Å². The predicted molar refractivity (Wildman–Crippen MR) is 122 cm³/mol. The number of nitrogens with zero attached hydrogens (tertiary/aromatic N) is 2. The highest BCUT2D eigenvalue weighted by Crippen LogP contribution is 2.35. The van der Waals surface area contributed by atoms with Gasteiger partial charge in [-0.3, -0.25) is 0 Å². The van der Waals surface area contributed by atoms with E-state index in [-0.39, 0.29) is 17.2 Å². The van der Waals surface area contributed by atoms with Crippen LogP contribution in [-0.4, -0.2) is 16.6 Å². The summed E-state index contributed by atoms with van der Waals surface area (Å²) in [6, 6.07) is 12.1. The fourth-order valence-corrected chi connectivity index (χ4v) is 4.27. The Labute approximate surface area is 188 Å². The second-order valence-electron chi connectivity index (χ2n) is 8.68. The molecule has 168 valence electrons. The number of aryl methyl sites for hydroxylation is 2. The Bertz CT molecular complexity index is 1030. The Morgan fingerprint density at radius 3 is 2.34 bits per heavy atom. The molecule has 3 nitrogen and oxygen atoms in total. The molecule has 4 rings (SSSR count). The van der Waals surface area contributed by atoms with Crippen LogP contribution in [0.15, 0.2) is 48.8 Å². The first-order valence-corrected chi connectivity index (χ1v) is 11.5. The van der Waals surface area contributed by atoms with E-state index in [1.165, 1.54) is 37.3 Å². The van der Waals surface area contributed by atoms with Crippen LogP contribution in [0.1, 0.15) is 73.6 Å². The molecule has 0 radical (unpaired) electrons. The van der Waals surface area contributed by atoms with Crippen LogP contribution in [-0.2, 0) is 11.2 Å². The minimum Gasteiger partial charge on any atom is -0.370 e. The number of benzene rings is 2. The lowest BCUT2D eigenvalue weighted by Crippen LogP contribution is -2.21. The van der Waals surface area contributed by atoms with Crippen molar-refractivity contribution < 1.29 is 13.5 Å². The number of hydrogen-bond donors (Lipinski definition) is 0. The number of unbranched alkanes of at least 4 members (excludes halogenated alkanes) is 2. The van der Waals surface area contributed by atoms with Crippen molar-refractivity contribution in [2.45, 2.75) is 64.4 Å². The van der Waals surface area contributed by atoms with Crippen LogP contribution in [0.25, 0.3) is 11.1 Å². The second kappa shape index (κ2) is 10.3. The summed E-state index contributed by atoms with van der Waals surface area (Å²) in [6.45, 7) is 4.39. The van der Waals surface area contributed by atoms with Crippen molar-refractivity contribution in [3.8, 4) is 11.1 Å². The minimum atomic E-state index is -0.866. The SMILES string of the molecule is CCCCCc1ccc(C2CCC(c3ncc(-c4ccc(C)c(F)c4F)cn3)OC2)cc1. The van der Waals surface area contributed by atoms with E-state index < -0.39 is 11.6 Å². The number of aromatic nitrogens is 2. The molecular formula is C27H30F2N2O. The molecule has 0 N–H and O–H groups in total. The average Bonchev–Trinajstić information content (AvgIpc) is 2.84. The van der Waals surface area contributed by atoms with Crippen LogP contribution in [0.3, 0.4) is 0 Å². The summed E-state index contributed by atoms with van der Waals surface area (Å²) in [5.41, 5.74) is 3.62. The quantitative estimate of drug-likeness (QED) is 0.371. The van der Waals surface area contributed by atoms with Gasteiger partial charge < -0.3 is 4.74 Å². The molecular weight excluding hydrogens is 406 g/mol. The first-order valence-electron chi connectivity index (χ1n) is 11.5. The molecule has 3 aromatic rings. The summed E-state index contributed by atoms with van der Waals surface area (Å²) in [7, 11) is 0. The van der Waals surface area contributed by atoms with Crippen molar-refractivity contribution in [3.63, 3.8) is 0 Å². The molecule has 1 saturated heterocycles. The fourth-order valence-electron chi connectivity index (χ4n) is 4.27. The molecule has 2 heterocycles. The van der Waals surface area contributed by atoms with E-state index in [9.17, 15) is 8.78 Å². The lowest BCUT2D eigenvalue weighted by atomic mass is 9.90. The van der Waals surface area contributed by atoms with Gasteiger partial charge in [-0.2, -0.15) is 0 Å². The largest absolute Gasteiger partial charge is 0.370 e. The Hall–Kier alpha value is -2.66. The van der Waals surface area contributed by atoms with Crippen molar-refractivity contribution in [1.82, 2.24) is 9.97 Å². The fraction of sp³-hybridized carbons (Fsp3) is 0.407. The molecule has 2 aromatic carbocycles. The molecule has 2 unspecified atom stereocenters. The smallest absolute Gasteiger partial charge is 0.167 e. The second-order valence-corrected chi connectivity index (χ2v) is 8.68. The molecule has 1 aromatic heterocycles. The molecule has 2 atom stereocenters. The van der Waals surface area contributed by atoms with Gasteiger partial charge in [0.1, 0.15) is 6.10 Å². The third-order valence-corrected chi connectivity index (χ3v) is 6.34. The van der Waals surface area contributed by atoms with Crippen LogP contribution in [0.2, 0.25) is 0 Å². The summed E-state index contributed by atoms with van der Waals surface area (Å²) in [5, 5.41) is 0. The van der Waals surface area contributed by atoms with Crippen molar-refractivity contribution in [3.05, 3.63) is 82.9 Å². The monoisotopic (exact) mass is 436 g/mol. The molecule has 0 spiro atoms. The number of hydrogen-bond acceptors (Lipinski definition) is 3. The van der Waals surface area contributed by atoms with E-state index in [1.54, 1.807) is 24.5 Å². The maximum Gasteiger partial charge on any atom is 0.167 e. The van der Waals surface area contributed by atoms with Gasteiger partial charge in [0.25, 0.3) is 0 Å². The summed E-state index contributed by atoms with van der Waals surface area (Å²) in [4.78, 5) is 8.78. The molecule has 0 aliphatic carbocycles. The summed E-state index contributed by atoms with van der Waals surface area (Å²) in [6.07, 6.45) is 9.65. The highest BCUT2D eigenvalue weighted by Gasteiger charge is 2.26. The van der Waals surface area contributed by atoms with Gasteiger partial charge in [0.2, 0.25) is 0 Å². The van der Waals surface area contributed by atoms with E-state index in [0.29, 0.717) is 23.9 Å². The van der Waals surface area contributed by atoms with Crippen LogP contribution in [0.4, 0.5) is 8.78 Å². The number of ether oxygens (including phenoxy) is 1. The molecule has 1 aliphatic heterocycles. The van der Waals surface area contributed by atoms with Crippen LogP contribution in [0.5, 0.6) is 0 Å². The van der Waals surface area contributed by atoms with Crippen LogP contribution < -0.4 is 0 Å². The number of halogens is 2. The van der Waals surface area contributed by atoms with E-state index >= 15 is 0 Å². The highest BCUT2D eigenvalue weighted by atomic mass is 19.2. The maximum absolute atomic E-state index is 14.3. The predicted octanol–water partition coefficient (Wildman–Crippen LogP) is 7.10. The highest BCUT2D eigenvalue weighted by molar-refractivity contribution is 5.62. The van der Waals surface area contributed by atoms with Gasteiger partial charge >= 0.3 is 0 Å². The Balaban J connectivity index is 1.36. The van der Waals surface area contributed by atoms with E-state index in [1.807, 2.05) is 0 Å². The van der Waals surface area contributed by atoms with Gasteiger partial charge in [0.15, 0.2) is 17.5 Å². The van der Waals surface area contributed by atoms with Gasteiger partial charge in [-0.25, -0.2) is 18.7 Å². The molecule has 1 aliphatic rings. The molecule has 0 bridgehead atoms. The zero-order valence-corrected chi connectivity index (χ0v) is 18.8. The summed E-state index contributed by atoms with van der Waals surface area (Å²) < 4.78 is 34.2. The average molecular weight is 437 g/mol. The molecule has 1 fully saturated rings. The van der Waals surface area contributed by atoms with Crippen molar-refractivity contribution >= 4 is 0 Å². The maximum atomic E-state index is 14.3. The van der Waals surface area contributed by atoms with Gasteiger partial charge in [-0.1, -0.05) is 56.2 Å². The zero-order valence-electron chi connectivity index (χ0n) is 18.8. The van der Waals surface area contributed by atoms with E-state index in [0.717, 1.165) is 19.3 Å². The number of rotatable bonds is 7. The molecule has 32 heavy (non-hydrogen) atoms. The van der Waals surface area contributed by atoms with Gasteiger partial charge in [-0.15, -0.1) is 0 Å². The topological polar surface area (TPSA) is 35.0 Å². The van der Waals surface area contributed by atoms with Crippen molar-refractivity contribution in [1.29, 1.82) is 0 Å². The summed E-state index contributed by atoms with van der Waals surface area (Å²) in [5.74, 6) is -0.733. The van der Waals surface area contributed by atoms with Crippen molar-refractivity contribution in [2.24, 2.45) is 0 Å². The Morgan fingerprint density at radius 1 is 0.938 bits per heavy atom. The van der Waals surface area contributed by atoms with Gasteiger partial charge in [0.05, 0.1) is 6.61 Å². The zero-order chi connectivity index (χ0) is 22.5. The standard InChI is InChI=1S/C27H30F2N2O/c1-3-4-5-6-19-8-10-20(11-9-19)21-12-14-24(32-17-21)27-30-15-22(16-31-27)23-13-7-18(2)25(28)26(23)29/h7-11,13,15-16,21,24H,3-6,12,14,17H2,1-2H3. The normalized spacial score (nSPS) is 18.6. The molecule has 5 heteroatoms. The van der Waals surface area contributed by atoms with E-state index in [4.69, 9.17) is 4.74 Å². The third-order valence-electron chi connectivity index (χ3n) is 6.34. The summed E-state index contributed by atoms with van der Waals surface area (Å²) >= 11 is 0. The van der Waals surface area contributed by atoms with Gasteiger partial charge in [-0.05, 0) is 49.3 Å². The third kappa shape index (κ3) is 5.04. The first kappa shape index (κ1) is 22.5. The van der Waals surface area contributed by atoms with Crippen LogP contribution >= 0.6 is 0 Å². The van der Waals surface area contributed by atoms with Gasteiger partial charge in [0, 0.05) is 29.4 Å². The minimum absolute atomic E-state index is 0.169. The van der Waals surface area contributed by atoms with Crippen molar-refractivity contribution in [2.75, 3.05) is 6.61 Å². The first-order chi connectivity index (χ1) is 15.6. The Kier molecular flexibility index (Phi) is 7.26. The Morgan fingerprint density at radius 2 is 1.69 bits per heavy atom. The lowest BCUT2D eigenvalue weighted by molar-refractivity contribution is -0.00280. The lowest BCUT2D eigenvalue weighted by Gasteiger charge is -2.28. The molecule has 0 amide bonds. The van der Waals surface area contributed by atoms with Crippen LogP contribution in [0, 0.1) is 18.6 Å². The molecule has 0 saturated carbocycles.